The maximum Gasteiger partial charge on any atom is 0.253 e. The number of hydrogen-bond donors (Lipinski definition) is 1. The summed E-state index contributed by atoms with van der Waals surface area (Å²) in [6.45, 7) is 3.72. The van der Waals surface area contributed by atoms with E-state index in [1.54, 1.807) is 36.4 Å². The van der Waals surface area contributed by atoms with E-state index in [-0.39, 0.29) is 24.8 Å². The molecule has 5 nitrogen and oxygen atoms in total. The molecule has 3 rings (SSSR count). The highest BCUT2D eigenvalue weighted by Gasteiger charge is 2.19. The van der Waals surface area contributed by atoms with Gasteiger partial charge in [0.15, 0.2) is 0 Å². The summed E-state index contributed by atoms with van der Waals surface area (Å²) in [5.41, 5.74) is 2.23. The molecular weight excluding hydrogens is 396 g/mol. The number of amides is 2. The van der Waals surface area contributed by atoms with Gasteiger partial charge >= 0.3 is 0 Å². The number of ether oxygens (including phenoxy) is 1. The minimum atomic E-state index is -0.141. The van der Waals surface area contributed by atoms with Crippen LogP contribution in [0.15, 0.2) is 42.5 Å². The van der Waals surface area contributed by atoms with Gasteiger partial charge in [-0.2, -0.15) is 11.8 Å². The number of aryl methyl sites for hydroxylation is 1. The predicted octanol–water partition coefficient (Wildman–Crippen LogP) is 4.25. The summed E-state index contributed by atoms with van der Waals surface area (Å²) < 4.78 is 5.55. The molecule has 28 heavy (non-hydrogen) atoms. The molecule has 2 aromatic carbocycles. The number of carbonyl (C=O) groups excluding carboxylic acids is 2. The molecule has 0 aromatic heterocycles. The van der Waals surface area contributed by atoms with Crippen LogP contribution < -0.4 is 10.1 Å². The molecule has 148 valence electrons. The number of anilines is 1. The Labute approximate surface area is 174 Å². The van der Waals surface area contributed by atoms with E-state index in [1.165, 1.54) is 0 Å². The highest BCUT2D eigenvalue weighted by molar-refractivity contribution is 7.99. The van der Waals surface area contributed by atoms with Gasteiger partial charge in [-0.1, -0.05) is 17.7 Å². The van der Waals surface area contributed by atoms with Crippen molar-refractivity contribution in [1.29, 1.82) is 0 Å². The number of halogens is 1. The zero-order valence-corrected chi connectivity index (χ0v) is 17.3. The summed E-state index contributed by atoms with van der Waals surface area (Å²) in [6, 6.07) is 12.5. The number of carbonyl (C=O) groups is 2. The van der Waals surface area contributed by atoms with Gasteiger partial charge in [-0.05, 0) is 48.9 Å². The average Bonchev–Trinajstić information content (AvgIpc) is 2.70. The lowest BCUT2D eigenvalue weighted by Gasteiger charge is -2.26. The van der Waals surface area contributed by atoms with Crippen LogP contribution in [0, 0.1) is 6.92 Å². The zero-order chi connectivity index (χ0) is 19.9. The van der Waals surface area contributed by atoms with E-state index in [1.807, 2.05) is 29.7 Å². The van der Waals surface area contributed by atoms with Gasteiger partial charge in [0.2, 0.25) is 5.91 Å². The summed E-state index contributed by atoms with van der Waals surface area (Å²) in [4.78, 5) is 26.7. The van der Waals surface area contributed by atoms with Crippen molar-refractivity contribution in [1.82, 2.24) is 4.90 Å². The highest BCUT2D eigenvalue weighted by atomic mass is 35.5. The summed E-state index contributed by atoms with van der Waals surface area (Å²) in [7, 11) is 0. The maximum atomic E-state index is 12.6. The molecule has 0 saturated carbocycles. The van der Waals surface area contributed by atoms with Crippen LogP contribution in [-0.4, -0.2) is 47.9 Å². The van der Waals surface area contributed by atoms with Crippen molar-refractivity contribution in [2.75, 3.05) is 36.5 Å². The van der Waals surface area contributed by atoms with Gasteiger partial charge in [-0.3, -0.25) is 9.59 Å². The van der Waals surface area contributed by atoms with Crippen LogP contribution in [0.25, 0.3) is 0 Å². The van der Waals surface area contributed by atoms with E-state index in [0.717, 1.165) is 30.2 Å². The number of rotatable bonds is 6. The number of nitrogens with one attached hydrogen (secondary N) is 1. The molecule has 0 aliphatic carbocycles. The SMILES string of the molecule is Cc1cc(C(=O)N2CCSCC2)ccc1NC(=O)CCOc1cccc(Cl)c1. The van der Waals surface area contributed by atoms with Crippen molar-refractivity contribution < 1.29 is 14.3 Å². The molecule has 1 aliphatic rings. The fourth-order valence-electron chi connectivity index (χ4n) is 2.92. The molecule has 1 saturated heterocycles. The van der Waals surface area contributed by atoms with Crippen LogP contribution in [0.1, 0.15) is 22.3 Å². The molecule has 7 heteroatoms. The quantitative estimate of drug-likeness (QED) is 0.762. The molecule has 0 spiro atoms. The molecular formula is C21H23ClN2O3S. The molecule has 0 radical (unpaired) electrons. The van der Waals surface area contributed by atoms with Crippen molar-refractivity contribution >= 4 is 40.9 Å². The van der Waals surface area contributed by atoms with Crippen molar-refractivity contribution in [2.45, 2.75) is 13.3 Å². The second kappa shape index (κ2) is 9.85. The fraction of sp³-hybridized carbons (Fsp3) is 0.333. The second-order valence-corrected chi connectivity index (χ2v) is 8.20. The van der Waals surface area contributed by atoms with Gasteiger partial charge in [0.1, 0.15) is 5.75 Å². The van der Waals surface area contributed by atoms with Crippen molar-refractivity contribution in [3.8, 4) is 5.75 Å². The highest BCUT2D eigenvalue weighted by Crippen LogP contribution is 2.20. The smallest absolute Gasteiger partial charge is 0.253 e. The molecule has 1 aliphatic heterocycles. The van der Waals surface area contributed by atoms with Crippen molar-refractivity contribution in [3.63, 3.8) is 0 Å². The Morgan fingerprint density at radius 2 is 1.96 bits per heavy atom. The molecule has 0 bridgehead atoms. The number of nitrogens with zero attached hydrogens (tertiary/aromatic N) is 1. The lowest BCUT2D eigenvalue weighted by molar-refractivity contribution is -0.116. The third kappa shape index (κ3) is 5.66. The Bertz CT molecular complexity index is 853. The molecule has 1 N–H and O–H groups in total. The van der Waals surface area contributed by atoms with Crippen LogP contribution in [-0.2, 0) is 4.79 Å². The summed E-state index contributed by atoms with van der Waals surface area (Å²) >= 11 is 7.78. The first-order valence-electron chi connectivity index (χ1n) is 9.19. The molecule has 1 heterocycles. The van der Waals surface area contributed by atoms with Crippen LogP contribution in [0.5, 0.6) is 5.75 Å². The van der Waals surface area contributed by atoms with Gasteiger partial charge in [0.05, 0.1) is 13.0 Å². The summed E-state index contributed by atoms with van der Waals surface area (Å²) in [5, 5.41) is 3.47. The number of hydrogen-bond acceptors (Lipinski definition) is 4. The lowest BCUT2D eigenvalue weighted by Crippen LogP contribution is -2.37. The van der Waals surface area contributed by atoms with Gasteiger partial charge in [0, 0.05) is 40.9 Å². The van der Waals surface area contributed by atoms with E-state index < -0.39 is 0 Å². The van der Waals surface area contributed by atoms with Gasteiger partial charge in [-0.15, -0.1) is 0 Å². The molecule has 2 aromatic rings. The summed E-state index contributed by atoms with van der Waals surface area (Å²) in [5.74, 6) is 2.51. The Morgan fingerprint density at radius 3 is 2.68 bits per heavy atom. The normalized spacial score (nSPS) is 13.9. The van der Waals surface area contributed by atoms with Crippen LogP contribution in [0.4, 0.5) is 5.69 Å². The largest absolute Gasteiger partial charge is 0.493 e. The van der Waals surface area contributed by atoms with E-state index >= 15 is 0 Å². The van der Waals surface area contributed by atoms with E-state index in [9.17, 15) is 9.59 Å². The number of benzene rings is 2. The van der Waals surface area contributed by atoms with Crippen LogP contribution in [0.2, 0.25) is 5.02 Å². The topological polar surface area (TPSA) is 58.6 Å². The Hall–Kier alpha value is -2.18. The van der Waals surface area contributed by atoms with Gasteiger partial charge < -0.3 is 15.0 Å². The molecule has 0 unspecified atom stereocenters. The van der Waals surface area contributed by atoms with Gasteiger partial charge in [0.25, 0.3) is 5.91 Å². The first kappa shape index (κ1) is 20.6. The van der Waals surface area contributed by atoms with E-state index in [2.05, 4.69) is 5.32 Å². The minimum Gasteiger partial charge on any atom is -0.493 e. The average molecular weight is 419 g/mol. The van der Waals surface area contributed by atoms with Gasteiger partial charge in [-0.25, -0.2) is 0 Å². The summed E-state index contributed by atoms with van der Waals surface area (Å²) in [6.07, 6.45) is 0.220. The van der Waals surface area contributed by atoms with Crippen molar-refractivity contribution in [2.24, 2.45) is 0 Å². The zero-order valence-electron chi connectivity index (χ0n) is 15.7. The van der Waals surface area contributed by atoms with E-state index in [0.29, 0.717) is 22.0 Å². The molecule has 1 fully saturated rings. The number of thioether (sulfide) groups is 1. The Kier molecular flexibility index (Phi) is 7.23. The van der Waals surface area contributed by atoms with Crippen LogP contribution in [0.3, 0.4) is 0 Å². The standard InChI is InChI=1S/C21H23ClN2O3S/c1-15-13-16(21(26)24-8-11-28-12-9-24)5-6-19(15)23-20(25)7-10-27-18-4-2-3-17(22)14-18/h2-6,13-14H,7-12H2,1H3,(H,23,25). The fourth-order valence-corrected chi connectivity index (χ4v) is 4.00. The monoisotopic (exact) mass is 418 g/mol. The molecule has 2 amide bonds. The third-order valence-electron chi connectivity index (χ3n) is 4.44. The Balaban J connectivity index is 1.52. The third-order valence-corrected chi connectivity index (χ3v) is 5.62. The first-order valence-corrected chi connectivity index (χ1v) is 10.7. The van der Waals surface area contributed by atoms with E-state index in [4.69, 9.17) is 16.3 Å². The minimum absolute atomic E-state index is 0.0520. The van der Waals surface area contributed by atoms with Crippen LogP contribution >= 0.6 is 23.4 Å². The Morgan fingerprint density at radius 1 is 1.18 bits per heavy atom. The predicted molar refractivity (Wildman–Crippen MR) is 115 cm³/mol. The lowest BCUT2D eigenvalue weighted by atomic mass is 10.1. The maximum absolute atomic E-state index is 12.6. The molecule has 0 atom stereocenters. The second-order valence-electron chi connectivity index (χ2n) is 6.54. The first-order chi connectivity index (χ1) is 13.5. The van der Waals surface area contributed by atoms with Crippen molar-refractivity contribution in [3.05, 3.63) is 58.6 Å².